The Morgan fingerprint density at radius 2 is 2.25 bits per heavy atom. The van der Waals surface area contributed by atoms with Crippen LogP contribution in [-0.4, -0.2) is 51.9 Å². The molecule has 1 N–H and O–H groups in total. The van der Waals surface area contributed by atoms with Gasteiger partial charge in [-0.3, -0.25) is 4.79 Å². The van der Waals surface area contributed by atoms with Crippen molar-refractivity contribution in [3.05, 3.63) is 24.0 Å². The van der Waals surface area contributed by atoms with E-state index in [0.29, 0.717) is 18.8 Å². The lowest BCUT2D eigenvalue weighted by molar-refractivity contribution is -0.139. The van der Waals surface area contributed by atoms with E-state index in [1.807, 2.05) is 36.7 Å². The summed E-state index contributed by atoms with van der Waals surface area (Å²) in [4.78, 5) is 14.5. The van der Waals surface area contributed by atoms with Crippen molar-refractivity contribution in [2.45, 2.75) is 45.4 Å². The van der Waals surface area contributed by atoms with Gasteiger partial charge in [0.25, 0.3) is 5.91 Å². The molecule has 0 bridgehead atoms. The number of ether oxygens (including phenoxy) is 1. The lowest BCUT2D eigenvalue weighted by atomic mass is 10.0. The third-order valence-corrected chi connectivity index (χ3v) is 3.53. The van der Waals surface area contributed by atoms with Gasteiger partial charge in [0.2, 0.25) is 0 Å². The average molecular weight is 280 g/mol. The van der Waals surface area contributed by atoms with Crippen LogP contribution in [0.3, 0.4) is 0 Å². The highest BCUT2D eigenvalue weighted by Gasteiger charge is 2.36. The van der Waals surface area contributed by atoms with Crippen LogP contribution in [0.4, 0.5) is 0 Å². The molecular formula is C15H24N2O3. The molecule has 0 aliphatic carbocycles. The Kier molecular flexibility index (Phi) is 4.20. The Bertz CT molecular complexity index is 479. The van der Waals surface area contributed by atoms with E-state index in [9.17, 15) is 9.90 Å². The van der Waals surface area contributed by atoms with Gasteiger partial charge in [-0.05, 0) is 39.8 Å². The number of morpholine rings is 1. The second kappa shape index (κ2) is 5.58. The lowest BCUT2D eigenvalue weighted by Gasteiger charge is -2.42. The predicted molar refractivity (Wildman–Crippen MR) is 76.8 cm³/mol. The van der Waals surface area contributed by atoms with E-state index >= 15 is 0 Å². The molecule has 1 aliphatic rings. The zero-order chi connectivity index (χ0) is 14.9. The van der Waals surface area contributed by atoms with E-state index in [2.05, 4.69) is 13.8 Å². The fourth-order valence-corrected chi connectivity index (χ4v) is 2.73. The number of aliphatic hydroxyl groups excluding tert-OH is 1. The quantitative estimate of drug-likeness (QED) is 0.916. The van der Waals surface area contributed by atoms with E-state index < -0.39 is 5.60 Å². The van der Waals surface area contributed by atoms with Crippen LogP contribution in [0.25, 0.3) is 0 Å². The van der Waals surface area contributed by atoms with Gasteiger partial charge in [-0.25, -0.2) is 0 Å². The summed E-state index contributed by atoms with van der Waals surface area (Å²) >= 11 is 0. The second-order valence-electron chi connectivity index (χ2n) is 6.26. The van der Waals surface area contributed by atoms with Gasteiger partial charge in [-0.1, -0.05) is 0 Å². The Morgan fingerprint density at radius 1 is 1.55 bits per heavy atom. The van der Waals surface area contributed by atoms with E-state index in [1.165, 1.54) is 0 Å². The number of carbonyl (C=O) groups is 1. The molecule has 20 heavy (non-hydrogen) atoms. The van der Waals surface area contributed by atoms with Gasteiger partial charge in [-0.2, -0.15) is 0 Å². The molecule has 112 valence electrons. The van der Waals surface area contributed by atoms with Gasteiger partial charge in [-0.15, -0.1) is 0 Å². The van der Waals surface area contributed by atoms with Crippen LogP contribution in [0.1, 0.15) is 44.2 Å². The van der Waals surface area contributed by atoms with Crippen LogP contribution in [0.5, 0.6) is 0 Å². The van der Waals surface area contributed by atoms with Crippen LogP contribution < -0.4 is 0 Å². The maximum atomic E-state index is 12.7. The molecule has 1 amide bonds. The number of hydrogen-bond acceptors (Lipinski definition) is 3. The molecular weight excluding hydrogens is 256 g/mol. The van der Waals surface area contributed by atoms with Crippen LogP contribution >= 0.6 is 0 Å². The summed E-state index contributed by atoms with van der Waals surface area (Å²) in [6.45, 7) is 8.88. The maximum Gasteiger partial charge on any atom is 0.270 e. The molecule has 2 rings (SSSR count). The van der Waals surface area contributed by atoms with Gasteiger partial charge in [0.05, 0.1) is 18.3 Å². The van der Waals surface area contributed by atoms with Gasteiger partial charge < -0.3 is 19.3 Å². The molecule has 0 radical (unpaired) electrons. The van der Waals surface area contributed by atoms with Crippen LogP contribution in [0.2, 0.25) is 0 Å². The SMILES string of the molecule is CC(C)n1cccc1C(=O)N1CC(CO)OC(C)(C)C1. The first kappa shape index (κ1) is 15.1. The summed E-state index contributed by atoms with van der Waals surface area (Å²) in [5, 5.41) is 9.33. The summed E-state index contributed by atoms with van der Waals surface area (Å²) in [6.07, 6.45) is 1.61. The highest BCUT2D eigenvalue weighted by molar-refractivity contribution is 5.93. The van der Waals surface area contributed by atoms with Crippen molar-refractivity contribution in [3.8, 4) is 0 Å². The molecule has 0 spiro atoms. The summed E-state index contributed by atoms with van der Waals surface area (Å²) in [5.41, 5.74) is 0.255. The molecule has 1 fully saturated rings. The molecule has 0 aromatic carbocycles. The highest BCUT2D eigenvalue weighted by Crippen LogP contribution is 2.23. The van der Waals surface area contributed by atoms with Crippen molar-refractivity contribution in [3.63, 3.8) is 0 Å². The minimum absolute atomic E-state index is 0.00137. The largest absolute Gasteiger partial charge is 0.394 e. The number of nitrogens with zero attached hydrogens (tertiary/aromatic N) is 2. The number of amides is 1. The Morgan fingerprint density at radius 3 is 2.85 bits per heavy atom. The minimum Gasteiger partial charge on any atom is -0.394 e. The Balaban J connectivity index is 2.21. The summed E-state index contributed by atoms with van der Waals surface area (Å²) in [6, 6.07) is 3.98. The van der Waals surface area contributed by atoms with Crippen LogP contribution in [0.15, 0.2) is 18.3 Å². The molecule has 1 atom stereocenters. The Hall–Kier alpha value is -1.33. The fraction of sp³-hybridized carbons (Fsp3) is 0.667. The number of hydrogen-bond donors (Lipinski definition) is 1. The molecule has 1 unspecified atom stereocenters. The van der Waals surface area contributed by atoms with Crippen molar-refractivity contribution in [2.24, 2.45) is 0 Å². The topological polar surface area (TPSA) is 54.7 Å². The smallest absolute Gasteiger partial charge is 0.270 e. The zero-order valence-corrected chi connectivity index (χ0v) is 12.7. The Labute approximate surface area is 120 Å². The predicted octanol–water partition coefficient (Wildman–Crippen LogP) is 1.68. The third kappa shape index (κ3) is 3.04. The second-order valence-corrected chi connectivity index (χ2v) is 6.26. The third-order valence-electron chi connectivity index (χ3n) is 3.53. The number of rotatable bonds is 3. The number of carbonyl (C=O) groups excluding carboxylic acids is 1. The lowest BCUT2D eigenvalue weighted by Crippen LogP contribution is -2.55. The summed E-state index contributed by atoms with van der Waals surface area (Å²) < 4.78 is 7.72. The molecule has 1 aromatic rings. The van der Waals surface area contributed by atoms with Gasteiger partial charge in [0.15, 0.2) is 0 Å². The van der Waals surface area contributed by atoms with Gasteiger partial charge >= 0.3 is 0 Å². The van der Waals surface area contributed by atoms with Crippen LogP contribution in [0, 0.1) is 0 Å². The zero-order valence-electron chi connectivity index (χ0n) is 12.7. The molecule has 1 saturated heterocycles. The first-order valence-corrected chi connectivity index (χ1v) is 7.09. The number of aromatic nitrogens is 1. The molecule has 1 aliphatic heterocycles. The van der Waals surface area contributed by atoms with E-state index in [-0.39, 0.29) is 24.7 Å². The highest BCUT2D eigenvalue weighted by atomic mass is 16.5. The van der Waals surface area contributed by atoms with Crippen molar-refractivity contribution in [1.29, 1.82) is 0 Å². The van der Waals surface area contributed by atoms with Gasteiger partial charge in [0, 0.05) is 25.3 Å². The first-order valence-electron chi connectivity index (χ1n) is 7.09. The minimum atomic E-state index is -0.434. The van der Waals surface area contributed by atoms with E-state index in [4.69, 9.17) is 4.74 Å². The van der Waals surface area contributed by atoms with Crippen molar-refractivity contribution in [2.75, 3.05) is 19.7 Å². The molecule has 1 aromatic heterocycles. The van der Waals surface area contributed by atoms with Crippen molar-refractivity contribution in [1.82, 2.24) is 9.47 Å². The summed E-state index contributed by atoms with van der Waals surface area (Å²) in [7, 11) is 0. The van der Waals surface area contributed by atoms with Gasteiger partial charge in [0.1, 0.15) is 5.69 Å². The van der Waals surface area contributed by atoms with E-state index in [1.54, 1.807) is 4.90 Å². The monoisotopic (exact) mass is 280 g/mol. The molecule has 0 saturated carbocycles. The van der Waals surface area contributed by atoms with Crippen molar-refractivity contribution >= 4 is 5.91 Å². The van der Waals surface area contributed by atoms with Crippen LogP contribution in [-0.2, 0) is 4.74 Å². The summed E-state index contributed by atoms with van der Waals surface area (Å²) in [5.74, 6) is -0.00137. The molecule has 5 nitrogen and oxygen atoms in total. The molecule has 2 heterocycles. The maximum absolute atomic E-state index is 12.7. The van der Waals surface area contributed by atoms with E-state index in [0.717, 1.165) is 0 Å². The van der Waals surface area contributed by atoms with Crippen molar-refractivity contribution < 1.29 is 14.6 Å². The fourth-order valence-electron chi connectivity index (χ4n) is 2.73. The average Bonchev–Trinajstić information content (AvgIpc) is 2.85. The standard InChI is InChI=1S/C15H24N2O3/c1-11(2)17-7-5-6-13(17)14(19)16-8-12(9-18)20-15(3,4)10-16/h5-7,11-12,18H,8-10H2,1-4H3. The first-order chi connectivity index (χ1) is 9.34. The normalized spacial score (nSPS) is 22.3. The molecule has 5 heteroatoms. The number of aliphatic hydroxyl groups is 1.